The predicted octanol–water partition coefficient (Wildman–Crippen LogP) is 4.63. The van der Waals surface area contributed by atoms with Crippen LogP contribution in [-0.2, 0) is 22.4 Å². The van der Waals surface area contributed by atoms with Crippen LogP contribution in [0, 0.1) is 0 Å². The minimum atomic E-state index is -0.105. The number of carbonyl (C=O) groups excluding carboxylic acids is 2. The van der Waals surface area contributed by atoms with Gasteiger partial charge in [-0.2, -0.15) is 0 Å². The Morgan fingerprint density at radius 2 is 1.90 bits per heavy atom. The summed E-state index contributed by atoms with van der Waals surface area (Å²) in [5, 5.41) is 4.06. The van der Waals surface area contributed by atoms with Crippen LogP contribution in [0.25, 0.3) is 0 Å². The van der Waals surface area contributed by atoms with E-state index in [4.69, 9.17) is 4.99 Å². The van der Waals surface area contributed by atoms with Crippen LogP contribution in [-0.4, -0.2) is 36.7 Å². The van der Waals surface area contributed by atoms with Crippen molar-refractivity contribution < 1.29 is 9.59 Å². The number of halogens is 1. The fraction of sp³-hybridized carbons (Fsp3) is 0.458. The molecule has 1 aromatic carbocycles. The molecular formula is C24H26BrN3O2S. The minimum Gasteiger partial charge on any atom is -0.352 e. The Labute approximate surface area is 195 Å². The molecule has 31 heavy (non-hydrogen) atoms. The number of anilines is 1. The van der Waals surface area contributed by atoms with E-state index in [1.807, 2.05) is 24.3 Å². The summed E-state index contributed by atoms with van der Waals surface area (Å²) in [6.07, 6.45) is 8.84. The second-order valence-electron chi connectivity index (χ2n) is 8.59. The maximum absolute atomic E-state index is 13.1. The number of benzene rings is 1. The average Bonchev–Trinajstić information content (AvgIpc) is 3.33. The smallest absolute Gasteiger partial charge is 0.249 e. The standard InChI is InChI=1S/C24H26BrN3O2S/c25-16-11-9-15(10-12-16)23-22-18-7-4-8-19(18)31-24(22)28(21(30)13-26-23)14-20(29)27-17-5-2-1-3-6-17/h9-12,17H,1-8,13-14H2,(H,27,29). The molecule has 2 aliphatic carbocycles. The Balaban J connectivity index is 1.47. The number of hydrogen-bond acceptors (Lipinski definition) is 4. The molecule has 1 aliphatic heterocycles. The topological polar surface area (TPSA) is 61.8 Å². The van der Waals surface area contributed by atoms with Gasteiger partial charge in [-0.25, -0.2) is 0 Å². The summed E-state index contributed by atoms with van der Waals surface area (Å²) in [5.74, 6) is -0.168. The Morgan fingerprint density at radius 3 is 2.68 bits per heavy atom. The van der Waals surface area contributed by atoms with E-state index >= 15 is 0 Å². The van der Waals surface area contributed by atoms with Gasteiger partial charge in [-0.1, -0.05) is 47.3 Å². The molecule has 2 heterocycles. The first kappa shape index (κ1) is 20.9. The molecule has 3 aliphatic rings. The zero-order valence-electron chi connectivity index (χ0n) is 17.5. The van der Waals surface area contributed by atoms with Gasteiger partial charge < -0.3 is 5.32 Å². The number of fused-ring (bicyclic) bond motifs is 3. The monoisotopic (exact) mass is 499 g/mol. The molecule has 2 aromatic rings. The molecule has 0 radical (unpaired) electrons. The molecule has 0 unspecified atom stereocenters. The largest absolute Gasteiger partial charge is 0.352 e. The molecule has 0 saturated heterocycles. The van der Waals surface area contributed by atoms with E-state index in [9.17, 15) is 9.59 Å². The molecule has 1 N–H and O–H groups in total. The van der Waals surface area contributed by atoms with Crippen LogP contribution < -0.4 is 10.2 Å². The number of carbonyl (C=O) groups is 2. The number of aliphatic imine (C=N–C) groups is 1. The van der Waals surface area contributed by atoms with Gasteiger partial charge in [0.05, 0.1) is 5.71 Å². The molecule has 5 rings (SSSR count). The Kier molecular flexibility index (Phi) is 5.97. The van der Waals surface area contributed by atoms with Gasteiger partial charge in [0.25, 0.3) is 0 Å². The molecule has 1 aromatic heterocycles. The Hall–Kier alpha value is -1.99. The highest BCUT2D eigenvalue weighted by Gasteiger charge is 2.34. The third-order valence-corrected chi connectivity index (χ3v) is 8.29. The SMILES string of the molecule is O=C(CN1C(=O)CN=C(c2ccc(Br)cc2)c2c1sc1c2CCC1)NC1CCCCC1. The molecule has 1 fully saturated rings. The molecule has 162 valence electrons. The summed E-state index contributed by atoms with van der Waals surface area (Å²) in [6, 6.07) is 8.34. The maximum atomic E-state index is 13.1. The van der Waals surface area contributed by atoms with Crippen LogP contribution in [0.5, 0.6) is 0 Å². The normalized spacial score (nSPS) is 18.9. The highest BCUT2D eigenvalue weighted by Crippen LogP contribution is 2.43. The number of aryl methyl sites for hydroxylation is 1. The second kappa shape index (κ2) is 8.87. The predicted molar refractivity (Wildman–Crippen MR) is 128 cm³/mol. The van der Waals surface area contributed by atoms with E-state index in [0.29, 0.717) is 0 Å². The zero-order chi connectivity index (χ0) is 21.4. The van der Waals surface area contributed by atoms with Crippen molar-refractivity contribution in [1.29, 1.82) is 0 Å². The zero-order valence-corrected chi connectivity index (χ0v) is 19.9. The minimum absolute atomic E-state index is 0.0631. The lowest BCUT2D eigenvalue weighted by Crippen LogP contribution is -2.45. The Morgan fingerprint density at radius 1 is 1.13 bits per heavy atom. The molecular weight excluding hydrogens is 474 g/mol. The van der Waals surface area contributed by atoms with Gasteiger partial charge in [0.1, 0.15) is 18.1 Å². The first-order chi connectivity index (χ1) is 15.1. The van der Waals surface area contributed by atoms with E-state index < -0.39 is 0 Å². The number of hydrogen-bond donors (Lipinski definition) is 1. The quantitative estimate of drug-likeness (QED) is 0.666. The van der Waals surface area contributed by atoms with Gasteiger partial charge in [0.15, 0.2) is 0 Å². The van der Waals surface area contributed by atoms with Gasteiger partial charge in [-0.3, -0.25) is 19.5 Å². The third-order valence-electron chi connectivity index (χ3n) is 6.45. The van der Waals surface area contributed by atoms with Gasteiger partial charge in [-0.05, 0) is 49.8 Å². The second-order valence-corrected chi connectivity index (χ2v) is 10.6. The maximum Gasteiger partial charge on any atom is 0.249 e. The number of thiophene rings is 1. The van der Waals surface area contributed by atoms with Crippen LogP contribution in [0.3, 0.4) is 0 Å². The van der Waals surface area contributed by atoms with Crippen molar-refractivity contribution >= 4 is 49.8 Å². The lowest BCUT2D eigenvalue weighted by atomic mass is 9.95. The van der Waals surface area contributed by atoms with Crippen molar-refractivity contribution in [2.45, 2.75) is 57.4 Å². The van der Waals surface area contributed by atoms with Crippen LogP contribution in [0.2, 0.25) is 0 Å². The summed E-state index contributed by atoms with van der Waals surface area (Å²) in [6.45, 7) is 0.142. The first-order valence-electron chi connectivity index (χ1n) is 11.1. The summed E-state index contributed by atoms with van der Waals surface area (Å²) < 4.78 is 1.01. The lowest BCUT2D eigenvalue weighted by Gasteiger charge is -2.25. The van der Waals surface area contributed by atoms with E-state index in [1.165, 1.54) is 29.7 Å². The third kappa shape index (κ3) is 4.22. The van der Waals surface area contributed by atoms with Crippen molar-refractivity contribution in [1.82, 2.24) is 5.32 Å². The highest BCUT2D eigenvalue weighted by atomic mass is 79.9. The average molecular weight is 500 g/mol. The molecule has 0 bridgehead atoms. The van der Waals surface area contributed by atoms with Crippen molar-refractivity contribution in [2.75, 3.05) is 18.0 Å². The molecule has 0 atom stereocenters. The first-order valence-corrected chi connectivity index (χ1v) is 12.8. The van der Waals surface area contributed by atoms with E-state index in [-0.39, 0.29) is 30.9 Å². The Bertz CT molecular complexity index is 1040. The fourth-order valence-electron chi connectivity index (χ4n) is 4.92. The number of nitrogens with zero attached hydrogens (tertiary/aromatic N) is 2. The van der Waals surface area contributed by atoms with E-state index in [0.717, 1.165) is 58.4 Å². The van der Waals surface area contributed by atoms with Gasteiger partial charge in [-0.15, -0.1) is 11.3 Å². The van der Waals surface area contributed by atoms with E-state index in [2.05, 4.69) is 21.2 Å². The van der Waals surface area contributed by atoms with E-state index in [1.54, 1.807) is 16.2 Å². The van der Waals surface area contributed by atoms with Gasteiger partial charge in [0.2, 0.25) is 11.8 Å². The van der Waals surface area contributed by atoms with Crippen molar-refractivity contribution in [3.05, 3.63) is 50.3 Å². The molecule has 5 nitrogen and oxygen atoms in total. The summed E-state index contributed by atoms with van der Waals surface area (Å²) >= 11 is 5.18. The molecule has 1 saturated carbocycles. The van der Waals surface area contributed by atoms with Crippen molar-refractivity contribution in [2.24, 2.45) is 4.99 Å². The highest BCUT2D eigenvalue weighted by molar-refractivity contribution is 9.10. The fourth-order valence-corrected chi connectivity index (χ4v) is 6.59. The lowest BCUT2D eigenvalue weighted by molar-refractivity contribution is -0.123. The molecule has 7 heteroatoms. The summed E-state index contributed by atoms with van der Waals surface area (Å²) in [5.41, 5.74) is 4.27. The van der Waals surface area contributed by atoms with Crippen molar-refractivity contribution in [3.8, 4) is 0 Å². The number of amides is 2. The summed E-state index contributed by atoms with van der Waals surface area (Å²) in [4.78, 5) is 33.7. The van der Waals surface area contributed by atoms with Gasteiger partial charge >= 0.3 is 0 Å². The van der Waals surface area contributed by atoms with Crippen LogP contribution >= 0.6 is 27.3 Å². The summed E-state index contributed by atoms with van der Waals surface area (Å²) in [7, 11) is 0. The van der Waals surface area contributed by atoms with Crippen LogP contribution in [0.15, 0.2) is 33.7 Å². The van der Waals surface area contributed by atoms with Crippen molar-refractivity contribution in [3.63, 3.8) is 0 Å². The van der Waals surface area contributed by atoms with Crippen LogP contribution in [0.1, 0.15) is 60.1 Å². The van der Waals surface area contributed by atoms with Crippen LogP contribution in [0.4, 0.5) is 5.00 Å². The number of rotatable bonds is 4. The number of nitrogens with one attached hydrogen (secondary N) is 1. The molecule has 0 spiro atoms. The molecule has 2 amide bonds. The van der Waals surface area contributed by atoms with Gasteiger partial charge in [0, 0.05) is 26.5 Å².